The van der Waals surface area contributed by atoms with Crippen molar-refractivity contribution < 1.29 is 14.3 Å². The molecule has 0 fully saturated rings. The third kappa shape index (κ3) is 5.95. The van der Waals surface area contributed by atoms with Crippen molar-refractivity contribution in [2.45, 2.75) is 40.7 Å². The summed E-state index contributed by atoms with van der Waals surface area (Å²) in [5.74, 6) is 1.12. The van der Waals surface area contributed by atoms with Crippen LogP contribution in [-0.4, -0.2) is 42.4 Å². The number of benzene rings is 2. The van der Waals surface area contributed by atoms with Crippen molar-refractivity contribution in [3.05, 3.63) is 70.5 Å². The monoisotopic (exact) mass is 463 g/mol. The third-order valence-electron chi connectivity index (χ3n) is 5.65. The number of ether oxygens (including phenoxy) is 2. The number of amides is 1. The highest BCUT2D eigenvalue weighted by Gasteiger charge is 2.14. The molecule has 0 atom stereocenters. The number of methoxy groups -OCH3 is 2. The Hall–Kier alpha value is -3.81. The molecule has 0 unspecified atom stereocenters. The predicted molar refractivity (Wildman–Crippen MR) is 135 cm³/mol. The molecular weight excluding hydrogens is 430 g/mol. The van der Waals surface area contributed by atoms with Crippen LogP contribution in [-0.2, 0) is 13.0 Å². The SMILES string of the molecule is CCn1nc(C)c(CCN=C(NC(=O)c2ccc(OC)c(OC)c2)Nc2ccc(C)cc2)c1C. The minimum atomic E-state index is -0.300. The van der Waals surface area contributed by atoms with E-state index in [1.54, 1.807) is 25.3 Å². The van der Waals surface area contributed by atoms with Gasteiger partial charge in [0, 0.05) is 30.0 Å². The van der Waals surface area contributed by atoms with E-state index in [1.165, 1.54) is 12.7 Å². The zero-order valence-electron chi connectivity index (χ0n) is 20.7. The summed E-state index contributed by atoms with van der Waals surface area (Å²) in [4.78, 5) is 17.7. The van der Waals surface area contributed by atoms with E-state index in [1.807, 2.05) is 42.8 Å². The summed E-state index contributed by atoms with van der Waals surface area (Å²) in [6, 6.07) is 12.9. The second-order valence-corrected chi connectivity index (χ2v) is 7.96. The summed E-state index contributed by atoms with van der Waals surface area (Å²) >= 11 is 0. The summed E-state index contributed by atoms with van der Waals surface area (Å²) in [6.07, 6.45) is 0.725. The van der Waals surface area contributed by atoms with E-state index < -0.39 is 0 Å². The quantitative estimate of drug-likeness (QED) is 0.384. The van der Waals surface area contributed by atoms with Gasteiger partial charge in [0.1, 0.15) is 0 Å². The minimum Gasteiger partial charge on any atom is -0.493 e. The zero-order valence-corrected chi connectivity index (χ0v) is 20.7. The van der Waals surface area contributed by atoms with Gasteiger partial charge in [-0.25, -0.2) is 0 Å². The van der Waals surface area contributed by atoms with E-state index in [4.69, 9.17) is 9.47 Å². The van der Waals surface area contributed by atoms with Gasteiger partial charge in [-0.1, -0.05) is 17.7 Å². The molecule has 34 heavy (non-hydrogen) atoms. The lowest BCUT2D eigenvalue weighted by molar-refractivity contribution is 0.0976. The predicted octanol–water partition coefficient (Wildman–Crippen LogP) is 4.29. The Balaban J connectivity index is 1.81. The lowest BCUT2D eigenvalue weighted by Gasteiger charge is -2.13. The maximum absolute atomic E-state index is 13.0. The molecule has 1 aromatic heterocycles. The number of carbonyl (C=O) groups excluding carboxylic acids is 1. The number of aromatic nitrogens is 2. The molecule has 180 valence electrons. The first-order chi connectivity index (χ1) is 16.4. The fourth-order valence-electron chi connectivity index (χ4n) is 3.72. The molecule has 8 nitrogen and oxygen atoms in total. The second kappa shape index (κ2) is 11.4. The molecule has 0 radical (unpaired) electrons. The molecule has 0 aliphatic carbocycles. The Morgan fingerprint density at radius 3 is 2.35 bits per heavy atom. The van der Waals surface area contributed by atoms with Gasteiger partial charge >= 0.3 is 0 Å². The highest BCUT2D eigenvalue weighted by atomic mass is 16.5. The van der Waals surface area contributed by atoms with E-state index in [2.05, 4.69) is 34.6 Å². The van der Waals surface area contributed by atoms with Gasteiger partial charge < -0.3 is 14.8 Å². The van der Waals surface area contributed by atoms with Gasteiger partial charge in [0.15, 0.2) is 11.5 Å². The number of rotatable bonds is 8. The standard InChI is InChI=1S/C26H33N5O3/c1-7-31-19(4)22(18(3)30-31)14-15-27-26(28-21-11-8-17(2)9-12-21)29-25(32)20-10-13-23(33-5)24(16-20)34-6/h8-13,16H,7,14-15H2,1-6H3,(H2,27,28,29,32). The molecule has 0 saturated carbocycles. The van der Waals surface area contributed by atoms with Gasteiger partial charge in [-0.15, -0.1) is 0 Å². The molecule has 0 saturated heterocycles. The van der Waals surface area contributed by atoms with Crippen LogP contribution in [0.3, 0.4) is 0 Å². The highest BCUT2D eigenvalue weighted by Crippen LogP contribution is 2.27. The average Bonchev–Trinajstić information content (AvgIpc) is 3.12. The smallest absolute Gasteiger partial charge is 0.258 e. The van der Waals surface area contributed by atoms with Crippen molar-refractivity contribution in [2.75, 3.05) is 26.1 Å². The van der Waals surface area contributed by atoms with Crippen LogP contribution in [0, 0.1) is 20.8 Å². The number of anilines is 1. The van der Waals surface area contributed by atoms with E-state index in [0.29, 0.717) is 29.6 Å². The largest absolute Gasteiger partial charge is 0.493 e. The first-order valence-electron chi connectivity index (χ1n) is 11.3. The number of carbonyl (C=O) groups is 1. The molecule has 1 heterocycles. The molecule has 8 heteroatoms. The molecule has 0 bridgehead atoms. The van der Waals surface area contributed by atoms with E-state index in [0.717, 1.165) is 35.6 Å². The number of hydrogen-bond acceptors (Lipinski definition) is 5. The molecule has 0 spiro atoms. The van der Waals surface area contributed by atoms with Crippen LogP contribution in [0.2, 0.25) is 0 Å². The maximum Gasteiger partial charge on any atom is 0.258 e. The van der Waals surface area contributed by atoms with E-state index in [-0.39, 0.29) is 5.91 Å². The Kier molecular flexibility index (Phi) is 8.29. The number of guanidine groups is 1. The van der Waals surface area contributed by atoms with Crippen LogP contribution in [0.4, 0.5) is 5.69 Å². The zero-order chi connectivity index (χ0) is 24.7. The second-order valence-electron chi connectivity index (χ2n) is 7.96. The van der Waals surface area contributed by atoms with Gasteiger partial charge in [-0.3, -0.25) is 19.8 Å². The van der Waals surface area contributed by atoms with Gasteiger partial charge in [-0.2, -0.15) is 5.10 Å². The topological polar surface area (TPSA) is 89.8 Å². The van der Waals surface area contributed by atoms with Crippen LogP contribution in [0.5, 0.6) is 11.5 Å². The van der Waals surface area contributed by atoms with Crippen molar-refractivity contribution in [1.82, 2.24) is 15.1 Å². The number of nitrogens with zero attached hydrogens (tertiary/aromatic N) is 3. The number of hydrogen-bond donors (Lipinski definition) is 2. The average molecular weight is 464 g/mol. The summed E-state index contributed by atoms with van der Waals surface area (Å²) in [5.41, 5.74) is 5.77. The first-order valence-corrected chi connectivity index (χ1v) is 11.3. The molecule has 0 aliphatic rings. The Labute approximate surface area is 201 Å². The minimum absolute atomic E-state index is 0.300. The van der Waals surface area contributed by atoms with E-state index >= 15 is 0 Å². The fourth-order valence-corrected chi connectivity index (χ4v) is 3.72. The van der Waals surface area contributed by atoms with Crippen molar-refractivity contribution >= 4 is 17.6 Å². The van der Waals surface area contributed by atoms with Crippen LogP contribution < -0.4 is 20.1 Å². The number of aliphatic imine (C=N–C) groups is 1. The van der Waals surface area contributed by atoms with Gasteiger partial charge in [0.05, 0.1) is 19.9 Å². The molecule has 2 aromatic carbocycles. The Morgan fingerprint density at radius 1 is 1.03 bits per heavy atom. The maximum atomic E-state index is 13.0. The van der Waals surface area contributed by atoms with Crippen molar-refractivity contribution in [2.24, 2.45) is 4.99 Å². The summed E-state index contributed by atoms with van der Waals surface area (Å²) in [6.45, 7) is 9.53. The summed E-state index contributed by atoms with van der Waals surface area (Å²) in [7, 11) is 3.09. The van der Waals surface area contributed by atoms with E-state index in [9.17, 15) is 4.79 Å². The van der Waals surface area contributed by atoms with Crippen LogP contribution >= 0.6 is 0 Å². The van der Waals surface area contributed by atoms with Crippen LogP contribution in [0.15, 0.2) is 47.5 Å². The van der Waals surface area contributed by atoms with Crippen molar-refractivity contribution in [1.29, 1.82) is 0 Å². The molecule has 3 rings (SSSR count). The van der Waals surface area contributed by atoms with Crippen molar-refractivity contribution in [3.63, 3.8) is 0 Å². The van der Waals surface area contributed by atoms with Gasteiger partial charge in [-0.05, 0) is 70.0 Å². The molecule has 1 amide bonds. The summed E-state index contributed by atoms with van der Waals surface area (Å²) in [5, 5.41) is 10.7. The molecule has 2 N–H and O–H groups in total. The normalized spacial score (nSPS) is 11.3. The Bertz CT molecular complexity index is 1170. The fraction of sp³-hybridized carbons (Fsp3) is 0.346. The third-order valence-corrected chi connectivity index (χ3v) is 5.65. The number of aryl methyl sites for hydroxylation is 3. The van der Waals surface area contributed by atoms with Gasteiger partial charge in [0.25, 0.3) is 5.91 Å². The lowest BCUT2D eigenvalue weighted by atomic mass is 10.1. The highest BCUT2D eigenvalue weighted by molar-refractivity contribution is 6.10. The summed E-state index contributed by atoms with van der Waals surface area (Å²) < 4.78 is 12.6. The first kappa shape index (κ1) is 24.8. The van der Waals surface area contributed by atoms with Gasteiger partial charge in [0.2, 0.25) is 5.96 Å². The lowest BCUT2D eigenvalue weighted by Crippen LogP contribution is -2.36. The Morgan fingerprint density at radius 2 is 1.74 bits per heavy atom. The molecule has 3 aromatic rings. The van der Waals surface area contributed by atoms with Crippen molar-refractivity contribution in [3.8, 4) is 11.5 Å². The number of nitrogens with one attached hydrogen (secondary N) is 2. The molecule has 0 aliphatic heterocycles. The van der Waals surface area contributed by atoms with Crippen LogP contribution in [0.1, 0.15) is 39.8 Å². The van der Waals surface area contributed by atoms with Crippen LogP contribution in [0.25, 0.3) is 0 Å². The molecular formula is C26H33N5O3.